The van der Waals surface area contributed by atoms with E-state index in [0.29, 0.717) is 59.8 Å². The van der Waals surface area contributed by atoms with Gasteiger partial charge in [0.25, 0.3) is 0 Å². The van der Waals surface area contributed by atoms with Gasteiger partial charge in [-0.3, -0.25) is 19.1 Å². The maximum Gasteiger partial charge on any atom is 0.240 e. The van der Waals surface area contributed by atoms with E-state index in [9.17, 15) is 22.8 Å². The molecule has 4 aromatic rings. The number of ether oxygens (including phenoxy) is 2. The summed E-state index contributed by atoms with van der Waals surface area (Å²) in [6.07, 6.45) is 9.41. The first-order valence-corrected chi connectivity index (χ1v) is 24.0. The van der Waals surface area contributed by atoms with Crippen LogP contribution in [0.15, 0.2) is 60.0 Å². The fraction of sp³-hybridized carbons (Fsp3) is 0.500. The molecule has 1 saturated heterocycles. The van der Waals surface area contributed by atoms with Gasteiger partial charge in [-0.1, -0.05) is 62.6 Å². The summed E-state index contributed by atoms with van der Waals surface area (Å²) in [5, 5.41) is 3.56. The Morgan fingerprint density at radius 3 is 2.62 bits per heavy atom. The van der Waals surface area contributed by atoms with Crippen molar-refractivity contribution >= 4 is 61.5 Å². The number of aryl methyl sites for hydroxylation is 1. The molecule has 0 unspecified atom stereocenters. The van der Waals surface area contributed by atoms with Crippen molar-refractivity contribution in [3.63, 3.8) is 0 Å². The van der Waals surface area contributed by atoms with Gasteiger partial charge in [0.15, 0.2) is 5.78 Å². The molecule has 8 rings (SSSR count). The molecule has 2 saturated carbocycles. The number of halogens is 1. The van der Waals surface area contributed by atoms with Crippen molar-refractivity contribution in [1.29, 1.82) is 0 Å². The number of amides is 2. The van der Waals surface area contributed by atoms with E-state index in [2.05, 4.69) is 24.6 Å². The summed E-state index contributed by atoms with van der Waals surface area (Å²) in [5.41, 5.74) is 2.89. The molecule has 4 aliphatic rings. The smallest absolute Gasteiger partial charge is 0.240 e. The Balaban J connectivity index is 1.15. The van der Waals surface area contributed by atoms with Crippen molar-refractivity contribution in [2.24, 2.45) is 17.3 Å². The minimum absolute atomic E-state index is 0.139. The number of pyridine rings is 1. The fourth-order valence-corrected chi connectivity index (χ4v) is 11.5. The van der Waals surface area contributed by atoms with E-state index in [4.69, 9.17) is 31.0 Å². The molecule has 2 aromatic heterocycles. The minimum Gasteiger partial charge on any atom is -0.496 e. The van der Waals surface area contributed by atoms with Crippen molar-refractivity contribution in [2.45, 2.75) is 115 Å². The van der Waals surface area contributed by atoms with Crippen LogP contribution in [0, 0.1) is 24.2 Å². The Bertz CT molecular complexity index is 2450. The zero-order valence-electron chi connectivity index (χ0n) is 34.6. The summed E-state index contributed by atoms with van der Waals surface area (Å²) in [6, 6.07) is 12.3. The third-order valence-corrected chi connectivity index (χ3v) is 15.6. The van der Waals surface area contributed by atoms with Crippen LogP contribution in [-0.2, 0) is 30.8 Å². The largest absolute Gasteiger partial charge is 0.496 e. The summed E-state index contributed by atoms with van der Waals surface area (Å²) >= 11 is 7.91. The molecule has 4 heterocycles. The van der Waals surface area contributed by atoms with Crippen LogP contribution in [0.5, 0.6) is 11.5 Å². The Hall–Kier alpha value is -4.33. The predicted molar refractivity (Wildman–Crippen MR) is 234 cm³/mol. The number of hydrogen-bond donors (Lipinski definition) is 1. The number of rotatable bonds is 10. The molecule has 1 N–H and O–H groups in total. The average molecular weight is 874 g/mol. The quantitative estimate of drug-likeness (QED) is 0.155. The van der Waals surface area contributed by atoms with Gasteiger partial charge >= 0.3 is 0 Å². The number of thiazole rings is 1. The molecule has 14 heteroatoms. The fourth-order valence-electron chi connectivity index (χ4n) is 8.93. The maximum atomic E-state index is 15.0. The van der Waals surface area contributed by atoms with Gasteiger partial charge in [-0.15, -0.1) is 11.3 Å². The van der Waals surface area contributed by atoms with Crippen molar-refractivity contribution in [1.82, 2.24) is 19.6 Å². The number of methoxy groups -OCH3 is 1. The van der Waals surface area contributed by atoms with E-state index in [1.165, 1.54) is 11.3 Å². The SMILES string of the molecule is COc1ccc2c(O[C@@H]3C[C@H]4C(=O)C[C@]5(C(=O)NS(=O)(=O)C6CC6)C[C@@H]5/C=C\CCCCC[C@H](Cc5cccc(Cl)c5)C(=O)N4C3)cc(-c3nc(C(C)C)cs3)nc2c1C. The first-order chi connectivity index (χ1) is 28.8. The van der Waals surface area contributed by atoms with Gasteiger partial charge in [0.05, 0.1) is 41.6 Å². The highest BCUT2D eigenvalue weighted by atomic mass is 35.5. The van der Waals surface area contributed by atoms with Crippen LogP contribution in [0.25, 0.3) is 21.6 Å². The van der Waals surface area contributed by atoms with Crippen molar-refractivity contribution in [3.05, 3.63) is 81.8 Å². The number of sulfonamides is 1. The molecule has 60 heavy (non-hydrogen) atoms. The molecule has 2 amide bonds. The molecule has 11 nitrogen and oxygen atoms in total. The number of nitrogens with zero attached hydrogens (tertiary/aromatic N) is 3. The van der Waals surface area contributed by atoms with Gasteiger partial charge in [0, 0.05) is 46.2 Å². The van der Waals surface area contributed by atoms with Gasteiger partial charge in [-0.25, -0.2) is 18.4 Å². The van der Waals surface area contributed by atoms with Gasteiger partial charge in [-0.05, 0) is 93.5 Å². The number of fused-ring (bicyclic) bond motifs is 3. The predicted octanol–water partition coefficient (Wildman–Crippen LogP) is 8.75. The van der Waals surface area contributed by atoms with Gasteiger partial charge < -0.3 is 14.4 Å². The molecule has 5 atom stereocenters. The first kappa shape index (κ1) is 42.4. The number of aromatic nitrogens is 2. The van der Waals surface area contributed by atoms with Crippen LogP contribution in [-0.4, -0.2) is 71.9 Å². The lowest BCUT2D eigenvalue weighted by molar-refractivity contribution is -0.142. The summed E-state index contributed by atoms with van der Waals surface area (Å²) in [5.74, 6) is -0.263. The van der Waals surface area contributed by atoms with E-state index in [1.54, 1.807) is 12.0 Å². The lowest BCUT2D eigenvalue weighted by Gasteiger charge is -2.29. The normalized spacial score (nSPS) is 25.6. The van der Waals surface area contributed by atoms with E-state index in [-0.39, 0.29) is 42.9 Å². The number of benzene rings is 2. The van der Waals surface area contributed by atoms with Crippen LogP contribution >= 0.6 is 22.9 Å². The summed E-state index contributed by atoms with van der Waals surface area (Å²) in [7, 11) is -2.22. The third-order valence-electron chi connectivity index (χ3n) is 12.7. The molecule has 3 fully saturated rings. The highest BCUT2D eigenvalue weighted by Gasteiger charge is 2.61. The molecule has 0 spiro atoms. The van der Waals surface area contributed by atoms with E-state index < -0.39 is 44.7 Å². The summed E-state index contributed by atoms with van der Waals surface area (Å²) < 4.78 is 40.9. The standard InChI is InChI=1S/C46H53ClN4O7S2/c1-27(2)37-26-59-43(49-37)36-22-41(35-17-18-40(57-4)28(3)42(35)48-36)58-33-21-38-39(52)24-46(45(54)50-60(55,56)34-15-16-34)23-31(46)13-9-7-5-6-8-12-30(44(53)51(38)25-33)19-29-11-10-14-32(47)20-29/h9-11,13-14,17-18,20,22,26-27,30-31,33-34,38H,5-8,12,15-16,19,21,23-25H2,1-4H3,(H,50,54)/b13-9-/t30-,31+,33-,38+,46-/m1/s1. The molecule has 0 bridgehead atoms. The number of Topliss-reactive ketones (excluding diaryl/α,β-unsaturated/α-hetero) is 1. The van der Waals surface area contributed by atoms with E-state index >= 15 is 0 Å². The van der Waals surface area contributed by atoms with Crippen LogP contribution in [0.2, 0.25) is 5.02 Å². The summed E-state index contributed by atoms with van der Waals surface area (Å²) in [6.45, 7) is 6.30. The van der Waals surface area contributed by atoms with Gasteiger partial charge in [0.2, 0.25) is 21.8 Å². The Labute approximate surface area is 361 Å². The zero-order valence-corrected chi connectivity index (χ0v) is 37.0. The van der Waals surface area contributed by atoms with Crippen molar-refractivity contribution in [3.8, 4) is 22.2 Å². The van der Waals surface area contributed by atoms with Crippen molar-refractivity contribution < 1.29 is 32.3 Å². The first-order valence-electron chi connectivity index (χ1n) is 21.2. The number of nitrogens with one attached hydrogen (secondary N) is 1. The van der Waals surface area contributed by atoms with Crippen LogP contribution in [0.4, 0.5) is 0 Å². The van der Waals surface area contributed by atoms with Gasteiger partial charge in [-0.2, -0.15) is 0 Å². The second kappa shape index (κ2) is 17.2. The number of allylic oxidation sites excluding steroid dienone is 2. The number of carbonyl (C=O) groups is 3. The van der Waals surface area contributed by atoms with E-state index in [0.717, 1.165) is 52.9 Å². The number of hydrogen-bond acceptors (Lipinski definition) is 10. The average Bonchev–Trinajstić information content (AvgIpc) is 4.09. The summed E-state index contributed by atoms with van der Waals surface area (Å²) in [4.78, 5) is 55.4. The maximum absolute atomic E-state index is 15.0. The number of carbonyl (C=O) groups excluding carboxylic acids is 3. The topological polar surface area (TPSA) is 145 Å². The third kappa shape index (κ3) is 8.85. The Morgan fingerprint density at radius 2 is 1.88 bits per heavy atom. The van der Waals surface area contributed by atoms with Crippen molar-refractivity contribution in [2.75, 3.05) is 13.7 Å². The van der Waals surface area contributed by atoms with E-state index in [1.807, 2.05) is 60.8 Å². The molecule has 0 radical (unpaired) electrons. The Morgan fingerprint density at radius 1 is 1.07 bits per heavy atom. The molecule has 2 aliphatic heterocycles. The lowest BCUT2D eigenvalue weighted by Crippen LogP contribution is -2.46. The Kier molecular flexibility index (Phi) is 12.1. The van der Waals surface area contributed by atoms with Crippen LogP contribution in [0.1, 0.15) is 101 Å². The van der Waals surface area contributed by atoms with Crippen LogP contribution < -0.4 is 14.2 Å². The monoisotopic (exact) mass is 872 g/mol. The molecular weight excluding hydrogens is 820 g/mol. The second-order valence-electron chi connectivity index (χ2n) is 17.4. The van der Waals surface area contributed by atoms with Crippen LogP contribution in [0.3, 0.4) is 0 Å². The lowest BCUT2D eigenvalue weighted by atomic mass is 9.90. The molecular formula is C46H53ClN4O7S2. The molecule has 318 valence electrons. The highest BCUT2D eigenvalue weighted by molar-refractivity contribution is 7.90. The van der Waals surface area contributed by atoms with Gasteiger partial charge in [0.1, 0.15) is 28.3 Å². The minimum atomic E-state index is -3.84. The number of ketones is 1. The highest BCUT2D eigenvalue weighted by Crippen LogP contribution is 2.57. The molecule has 2 aliphatic carbocycles. The second-order valence-corrected chi connectivity index (χ2v) is 20.6. The zero-order chi connectivity index (χ0) is 42.3. The molecule has 2 aromatic carbocycles.